The zero-order valence-corrected chi connectivity index (χ0v) is 13.3. The number of nitrogens with one attached hydrogen (secondary N) is 1. The second kappa shape index (κ2) is 7.60. The van der Waals surface area contributed by atoms with Crippen LogP contribution in [0.1, 0.15) is 52.4 Å². The Balaban J connectivity index is 2.23. The summed E-state index contributed by atoms with van der Waals surface area (Å²) in [6, 6.07) is 0. The first-order valence-electron chi connectivity index (χ1n) is 7.56. The van der Waals surface area contributed by atoms with Gasteiger partial charge in [-0.25, -0.2) is 8.42 Å². The van der Waals surface area contributed by atoms with Gasteiger partial charge in [-0.15, -0.1) is 0 Å². The van der Waals surface area contributed by atoms with Gasteiger partial charge in [0.15, 0.2) is 9.84 Å². The third-order valence-corrected chi connectivity index (χ3v) is 6.02. The first kappa shape index (κ1) is 16.9. The van der Waals surface area contributed by atoms with E-state index in [1.165, 1.54) is 19.3 Å². The molecule has 1 aliphatic rings. The second-order valence-corrected chi connectivity index (χ2v) is 8.39. The van der Waals surface area contributed by atoms with Gasteiger partial charge in [0.1, 0.15) is 0 Å². The summed E-state index contributed by atoms with van der Waals surface area (Å²) in [5.41, 5.74) is 5.43. The highest BCUT2D eigenvalue weighted by Gasteiger charge is 2.37. The van der Waals surface area contributed by atoms with E-state index in [1.54, 1.807) is 0 Å². The minimum absolute atomic E-state index is 0.201. The van der Waals surface area contributed by atoms with Crippen LogP contribution in [0.5, 0.6) is 0 Å². The average molecular weight is 290 g/mol. The molecule has 0 radical (unpaired) electrons. The standard InChI is InChI=1S/C14H30N2O2S/c1-3-5-13(7-9-15)6-4-10-16-14(2)8-11-19(17,18)12-14/h13,16H,3-12,15H2,1-2H3. The summed E-state index contributed by atoms with van der Waals surface area (Å²) in [7, 11) is -2.80. The van der Waals surface area contributed by atoms with Crippen molar-refractivity contribution >= 4 is 9.84 Å². The molecule has 0 bridgehead atoms. The van der Waals surface area contributed by atoms with Gasteiger partial charge in [0.05, 0.1) is 11.5 Å². The Morgan fingerprint density at radius 2 is 2.05 bits per heavy atom. The van der Waals surface area contributed by atoms with Gasteiger partial charge in [-0.2, -0.15) is 0 Å². The molecule has 2 atom stereocenters. The van der Waals surface area contributed by atoms with Crippen LogP contribution in [0.3, 0.4) is 0 Å². The third-order valence-electron chi connectivity index (χ3n) is 4.12. The fourth-order valence-corrected chi connectivity index (χ4v) is 5.13. The molecule has 19 heavy (non-hydrogen) atoms. The predicted molar refractivity (Wildman–Crippen MR) is 81.0 cm³/mol. The molecule has 1 saturated heterocycles. The van der Waals surface area contributed by atoms with E-state index < -0.39 is 9.84 Å². The van der Waals surface area contributed by atoms with E-state index in [4.69, 9.17) is 5.73 Å². The Morgan fingerprint density at radius 1 is 1.32 bits per heavy atom. The molecule has 0 aromatic carbocycles. The molecule has 0 saturated carbocycles. The van der Waals surface area contributed by atoms with Gasteiger partial charge in [-0.05, 0) is 51.6 Å². The molecule has 114 valence electrons. The lowest BCUT2D eigenvalue weighted by molar-refractivity contribution is 0.361. The molecule has 0 aromatic rings. The topological polar surface area (TPSA) is 72.2 Å². The van der Waals surface area contributed by atoms with Gasteiger partial charge < -0.3 is 11.1 Å². The lowest BCUT2D eigenvalue weighted by Gasteiger charge is -2.24. The molecule has 0 spiro atoms. The van der Waals surface area contributed by atoms with E-state index >= 15 is 0 Å². The molecular formula is C14H30N2O2S. The van der Waals surface area contributed by atoms with E-state index in [1.807, 2.05) is 6.92 Å². The monoisotopic (exact) mass is 290 g/mol. The minimum atomic E-state index is -2.80. The van der Waals surface area contributed by atoms with E-state index in [-0.39, 0.29) is 5.54 Å². The van der Waals surface area contributed by atoms with Crippen LogP contribution in [0, 0.1) is 5.92 Å². The highest BCUT2D eigenvalue weighted by molar-refractivity contribution is 7.91. The minimum Gasteiger partial charge on any atom is -0.330 e. The van der Waals surface area contributed by atoms with Crippen molar-refractivity contribution in [3.8, 4) is 0 Å². The van der Waals surface area contributed by atoms with Crippen molar-refractivity contribution in [1.29, 1.82) is 0 Å². The molecule has 0 aliphatic carbocycles. The van der Waals surface area contributed by atoms with Crippen LogP contribution in [-0.2, 0) is 9.84 Å². The van der Waals surface area contributed by atoms with Gasteiger partial charge in [-0.1, -0.05) is 19.8 Å². The normalized spacial score (nSPS) is 27.5. The highest BCUT2D eigenvalue weighted by Crippen LogP contribution is 2.23. The summed E-state index contributed by atoms with van der Waals surface area (Å²) in [5, 5.41) is 3.44. The van der Waals surface area contributed by atoms with Crippen LogP contribution in [0.25, 0.3) is 0 Å². The predicted octanol–water partition coefficient (Wildman–Crippen LogP) is 1.70. The Labute approximate surface area is 118 Å². The Kier molecular flexibility index (Phi) is 6.77. The van der Waals surface area contributed by atoms with Crippen molar-refractivity contribution in [2.45, 2.75) is 57.9 Å². The maximum atomic E-state index is 11.5. The van der Waals surface area contributed by atoms with E-state index in [0.29, 0.717) is 11.5 Å². The number of nitrogens with two attached hydrogens (primary N) is 1. The molecule has 3 N–H and O–H groups in total. The third kappa shape index (κ3) is 6.23. The summed E-state index contributed by atoms with van der Waals surface area (Å²) >= 11 is 0. The lowest BCUT2D eigenvalue weighted by atomic mass is 9.94. The van der Waals surface area contributed by atoms with Crippen LogP contribution in [0.2, 0.25) is 0 Å². The zero-order valence-electron chi connectivity index (χ0n) is 12.5. The molecule has 1 fully saturated rings. The maximum Gasteiger partial charge on any atom is 0.152 e. The smallest absolute Gasteiger partial charge is 0.152 e. The second-order valence-electron chi connectivity index (χ2n) is 6.20. The number of sulfone groups is 1. The summed E-state index contributed by atoms with van der Waals surface area (Å²) < 4.78 is 23.0. The molecule has 0 aromatic heterocycles. The Bertz CT molecular complexity index is 350. The van der Waals surface area contributed by atoms with Gasteiger partial charge in [0.2, 0.25) is 0 Å². The maximum absolute atomic E-state index is 11.5. The SMILES string of the molecule is CCCC(CCN)CCCNC1(C)CCS(=O)(=O)C1. The summed E-state index contributed by atoms with van der Waals surface area (Å²) in [4.78, 5) is 0. The largest absolute Gasteiger partial charge is 0.330 e. The zero-order chi connectivity index (χ0) is 14.4. The van der Waals surface area contributed by atoms with Crippen LogP contribution in [0.4, 0.5) is 0 Å². The van der Waals surface area contributed by atoms with Crippen molar-refractivity contribution in [3.63, 3.8) is 0 Å². The molecule has 5 heteroatoms. The van der Waals surface area contributed by atoms with Crippen molar-refractivity contribution in [2.24, 2.45) is 11.7 Å². The Hall–Kier alpha value is -0.130. The quantitative estimate of drug-likeness (QED) is 0.634. The molecule has 2 unspecified atom stereocenters. The fraction of sp³-hybridized carbons (Fsp3) is 1.00. The van der Waals surface area contributed by atoms with E-state index in [9.17, 15) is 8.42 Å². The van der Waals surface area contributed by atoms with Crippen LogP contribution >= 0.6 is 0 Å². The summed E-state index contributed by atoms with van der Waals surface area (Å²) in [6.45, 7) is 5.93. The van der Waals surface area contributed by atoms with Gasteiger partial charge >= 0.3 is 0 Å². The fourth-order valence-electron chi connectivity index (χ4n) is 3.01. The first-order chi connectivity index (χ1) is 8.91. The summed E-state index contributed by atoms with van der Waals surface area (Å²) in [5.74, 6) is 1.36. The van der Waals surface area contributed by atoms with Crippen LogP contribution < -0.4 is 11.1 Å². The molecule has 0 amide bonds. The number of hydrogen-bond acceptors (Lipinski definition) is 4. The van der Waals surface area contributed by atoms with Gasteiger partial charge in [0.25, 0.3) is 0 Å². The highest BCUT2D eigenvalue weighted by atomic mass is 32.2. The van der Waals surface area contributed by atoms with Crippen LogP contribution in [-0.4, -0.2) is 38.6 Å². The number of hydrogen-bond donors (Lipinski definition) is 2. The first-order valence-corrected chi connectivity index (χ1v) is 9.38. The molecule has 1 heterocycles. The average Bonchev–Trinajstić information content (AvgIpc) is 2.60. The molecular weight excluding hydrogens is 260 g/mol. The molecule has 1 rings (SSSR count). The lowest BCUT2D eigenvalue weighted by Crippen LogP contribution is -2.43. The van der Waals surface area contributed by atoms with Crippen molar-refractivity contribution in [2.75, 3.05) is 24.6 Å². The number of rotatable bonds is 9. The van der Waals surface area contributed by atoms with Crippen molar-refractivity contribution in [1.82, 2.24) is 5.32 Å². The van der Waals surface area contributed by atoms with Crippen LogP contribution in [0.15, 0.2) is 0 Å². The molecule has 4 nitrogen and oxygen atoms in total. The van der Waals surface area contributed by atoms with Gasteiger partial charge in [0, 0.05) is 5.54 Å². The molecule has 1 aliphatic heterocycles. The van der Waals surface area contributed by atoms with E-state index in [2.05, 4.69) is 12.2 Å². The van der Waals surface area contributed by atoms with Crippen molar-refractivity contribution < 1.29 is 8.42 Å². The summed E-state index contributed by atoms with van der Waals surface area (Å²) in [6.07, 6.45) is 6.63. The van der Waals surface area contributed by atoms with E-state index in [0.717, 1.165) is 38.3 Å². The van der Waals surface area contributed by atoms with Crippen molar-refractivity contribution in [3.05, 3.63) is 0 Å². The Morgan fingerprint density at radius 3 is 2.58 bits per heavy atom. The van der Waals surface area contributed by atoms with Gasteiger partial charge in [-0.3, -0.25) is 0 Å².